The molecule has 8 heteroatoms. The number of nitrogens with one attached hydrogen (secondary N) is 1. The largest absolute Gasteiger partial charge is 0.339 e. The molecule has 1 aromatic heterocycles. The first-order valence-electron chi connectivity index (χ1n) is 8.12. The van der Waals surface area contributed by atoms with Crippen LogP contribution in [0.2, 0.25) is 0 Å². The van der Waals surface area contributed by atoms with Crippen molar-refractivity contribution in [3.8, 4) is 0 Å². The number of rotatable bonds is 6. The number of piperazine rings is 1. The fourth-order valence-electron chi connectivity index (χ4n) is 2.75. The second-order valence-corrected chi connectivity index (χ2v) is 8.84. The highest BCUT2D eigenvalue weighted by atomic mass is 32.2. The number of sulfonamides is 1. The van der Waals surface area contributed by atoms with Gasteiger partial charge in [-0.25, -0.2) is 13.1 Å². The van der Waals surface area contributed by atoms with Crippen LogP contribution in [0.15, 0.2) is 52.1 Å². The molecule has 3 rings (SSSR count). The van der Waals surface area contributed by atoms with Crippen molar-refractivity contribution in [1.82, 2.24) is 14.5 Å². The molecular formula is C17H21N3O3S2. The van der Waals surface area contributed by atoms with Gasteiger partial charge in [-0.05, 0) is 17.0 Å². The first-order valence-corrected chi connectivity index (χ1v) is 10.5. The van der Waals surface area contributed by atoms with Crippen molar-refractivity contribution in [2.45, 2.75) is 10.8 Å². The molecule has 1 aliphatic rings. The van der Waals surface area contributed by atoms with Gasteiger partial charge in [-0.3, -0.25) is 9.69 Å². The zero-order valence-corrected chi connectivity index (χ0v) is 15.4. The number of carbonyl (C=O) groups is 1. The third-order valence-corrected chi connectivity index (χ3v) is 6.95. The highest BCUT2D eigenvalue weighted by Crippen LogP contribution is 2.15. The van der Waals surface area contributed by atoms with Crippen molar-refractivity contribution in [2.24, 2.45) is 0 Å². The molecule has 0 bridgehead atoms. The van der Waals surface area contributed by atoms with E-state index >= 15 is 0 Å². The van der Waals surface area contributed by atoms with Gasteiger partial charge < -0.3 is 4.90 Å². The maximum Gasteiger partial charge on any atom is 0.250 e. The highest BCUT2D eigenvalue weighted by molar-refractivity contribution is 7.91. The van der Waals surface area contributed by atoms with E-state index in [0.29, 0.717) is 13.1 Å². The van der Waals surface area contributed by atoms with Gasteiger partial charge in [-0.2, -0.15) is 0 Å². The van der Waals surface area contributed by atoms with Crippen molar-refractivity contribution in [2.75, 3.05) is 32.7 Å². The lowest BCUT2D eigenvalue weighted by Crippen LogP contribution is -2.50. The molecule has 134 valence electrons. The summed E-state index contributed by atoms with van der Waals surface area (Å²) in [5.41, 5.74) is 1.26. The number of thiophene rings is 1. The molecule has 6 nitrogen and oxygen atoms in total. The van der Waals surface area contributed by atoms with Crippen LogP contribution in [0, 0.1) is 0 Å². The molecule has 2 aromatic rings. The van der Waals surface area contributed by atoms with Crippen molar-refractivity contribution >= 4 is 27.3 Å². The van der Waals surface area contributed by atoms with Crippen molar-refractivity contribution in [1.29, 1.82) is 0 Å². The summed E-state index contributed by atoms with van der Waals surface area (Å²) in [6.45, 7) is 3.49. The molecule has 0 atom stereocenters. The van der Waals surface area contributed by atoms with E-state index in [1.807, 2.05) is 18.2 Å². The van der Waals surface area contributed by atoms with Crippen molar-refractivity contribution < 1.29 is 13.2 Å². The molecule has 1 aromatic carbocycles. The van der Waals surface area contributed by atoms with Crippen LogP contribution in [-0.2, 0) is 21.4 Å². The Morgan fingerprint density at radius 1 is 1.04 bits per heavy atom. The molecule has 0 unspecified atom stereocenters. The van der Waals surface area contributed by atoms with Gasteiger partial charge in [-0.15, -0.1) is 11.3 Å². The van der Waals surface area contributed by atoms with Gasteiger partial charge in [0.05, 0.1) is 6.54 Å². The average Bonchev–Trinajstić information content (AvgIpc) is 3.17. The number of hydrogen-bond acceptors (Lipinski definition) is 5. The maximum absolute atomic E-state index is 12.3. The lowest BCUT2D eigenvalue weighted by Gasteiger charge is -2.34. The fraction of sp³-hybridized carbons (Fsp3) is 0.353. The summed E-state index contributed by atoms with van der Waals surface area (Å²) in [6, 6.07) is 13.4. The van der Waals surface area contributed by atoms with Crippen LogP contribution in [0.25, 0.3) is 0 Å². The van der Waals surface area contributed by atoms with Crippen LogP contribution in [0.5, 0.6) is 0 Å². The minimum atomic E-state index is -3.59. The second kappa shape index (κ2) is 8.09. The lowest BCUT2D eigenvalue weighted by molar-refractivity contribution is -0.131. The maximum atomic E-state index is 12.3. The van der Waals surface area contributed by atoms with Gasteiger partial charge >= 0.3 is 0 Å². The minimum absolute atomic E-state index is 0.181. The third-order valence-electron chi connectivity index (χ3n) is 4.15. The quantitative estimate of drug-likeness (QED) is 0.823. The number of amides is 1. The minimum Gasteiger partial charge on any atom is -0.339 e. The molecule has 0 spiro atoms. The highest BCUT2D eigenvalue weighted by Gasteiger charge is 2.23. The summed E-state index contributed by atoms with van der Waals surface area (Å²) in [7, 11) is -3.59. The molecule has 1 fully saturated rings. The Balaban J connectivity index is 1.45. The first kappa shape index (κ1) is 18.1. The average molecular weight is 380 g/mol. The van der Waals surface area contributed by atoms with E-state index in [0.717, 1.165) is 31.0 Å². The zero-order chi connectivity index (χ0) is 17.7. The van der Waals surface area contributed by atoms with Gasteiger partial charge in [0.15, 0.2) is 0 Å². The molecule has 0 saturated carbocycles. The number of nitrogens with zero attached hydrogens (tertiary/aromatic N) is 2. The van der Waals surface area contributed by atoms with Crippen LogP contribution in [0.1, 0.15) is 5.56 Å². The molecule has 1 amide bonds. The van der Waals surface area contributed by atoms with Gasteiger partial charge in [0.2, 0.25) is 5.91 Å². The molecule has 0 aliphatic carbocycles. The molecule has 25 heavy (non-hydrogen) atoms. The Bertz CT molecular complexity index is 784. The van der Waals surface area contributed by atoms with Crippen LogP contribution in [0.3, 0.4) is 0 Å². The molecular weight excluding hydrogens is 358 g/mol. The first-order chi connectivity index (χ1) is 12.0. The third kappa shape index (κ3) is 4.88. The summed E-state index contributed by atoms with van der Waals surface area (Å²) in [6.07, 6.45) is 0. The summed E-state index contributed by atoms with van der Waals surface area (Å²) in [4.78, 5) is 16.3. The van der Waals surface area contributed by atoms with E-state index < -0.39 is 10.0 Å². The summed E-state index contributed by atoms with van der Waals surface area (Å²) < 4.78 is 26.7. The van der Waals surface area contributed by atoms with E-state index in [2.05, 4.69) is 21.8 Å². The molecule has 1 aliphatic heterocycles. The number of benzene rings is 1. The SMILES string of the molecule is O=C(CNS(=O)(=O)c1cccs1)N1CCN(Cc2ccccc2)CC1. The van der Waals surface area contributed by atoms with E-state index in [9.17, 15) is 13.2 Å². The Morgan fingerprint density at radius 3 is 2.40 bits per heavy atom. The van der Waals surface area contributed by atoms with Crippen molar-refractivity contribution in [3.63, 3.8) is 0 Å². The van der Waals surface area contributed by atoms with Crippen LogP contribution < -0.4 is 4.72 Å². The normalized spacial score (nSPS) is 16.1. The Kier molecular flexibility index (Phi) is 5.85. The van der Waals surface area contributed by atoms with Gasteiger partial charge in [0.1, 0.15) is 4.21 Å². The predicted molar refractivity (Wildman–Crippen MR) is 97.8 cm³/mol. The van der Waals surface area contributed by atoms with Crippen LogP contribution >= 0.6 is 11.3 Å². The molecule has 1 saturated heterocycles. The van der Waals surface area contributed by atoms with Crippen molar-refractivity contribution in [3.05, 3.63) is 53.4 Å². The standard InChI is InChI=1S/C17H21N3O3S2/c21-16(13-18-25(22,23)17-7-4-12-24-17)20-10-8-19(9-11-20)14-15-5-2-1-3-6-15/h1-7,12,18H,8-11,13-14H2. The Labute approximate surface area is 152 Å². The van der Waals surface area contributed by atoms with E-state index in [4.69, 9.17) is 0 Å². The Morgan fingerprint density at radius 2 is 1.76 bits per heavy atom. The van der Waals surface area contributed by atoms with Crippen LogP contribution in [-0.4, -0.2) is 56.8 Å². The number of carbonyl (C=O) groups excluding carboxylic acids is 1. The van der Waals surface area contributed by atoms with Gasteiger partial charge in [0, 0.05) is 32.7 Å². The topological polar surface area (TPSA) is 69.7 Å². The predicted octanol–water partition coefficient (Wildman–Crippen LogP) is 1.37. The summed E-state index contributed by atoms with van der Waals surface area (Å²) in [5.74, 6) is -0.181. The molecule has 2 heterocycles. The van der Waals surface area contributed by atoms with Gasteiger partial charge in [0.25, 0.3) is 10.0 Å². The second-order valence-electron chi connectivity index (χ2n) is 5.90. The van der Waals surface area contributed by atoms with Crippen LogP contribution in [0.4, 0.5) is 0 Å². The number of hydrogen-bond donors (Lipinski definition) is 1. The monoisotopic (exact) mass is 379 g/mol. The van der Waals surface area contributed by atoms with E-state index in [1.54, 1.807) is 16.3 Å². The lowest BCUT2D eigenvalue weighted by atomic mass is 10.2. The summed E-state index contributed by atoms with van der Waals surface area (Å²) in [5, 5.41) is 1.70. The molecule has 0 radical (unpaired) electrons. The molecule has 1 N–H and O–H groups in total. The van der Waals surface area contributed by atoms with Gasteiger partial charge in [-0.1, -0.05) is 36.4 Å². The summed E-state index contributed by atoms with van der Waals surface area (Å²) >= 11 is 1.14. The van der Waals surface area contributed by atoms with E-state index in [1.165, 1.54) is 11.6 Å². The zero-order valence-electron chi connectivity index (χ0n) is 13.8. The smallest absolute Gasteiger partial charge is 0.250 e. The Hall–Kier alpha value is -1.74. The fourth-order valence-corrected chi connectivity index (χ4v) is 4.77. The van der Waals surface area contributed by atoms with E-state index in [-0.39, 0.29) is 16.7 Å².